The van der Waals surface area contributed by atoms with Gasteiger partial charge in [0, 0.05) is 19.2 Å². The van der Waals surface area contributed by atoms with E-state index < -0.39 is 11.9 Å². The molecule has 1 rings (SSSR count). The summed E-state index contributed by atoms with van der Waals surface area (Å²) in [4.78, 5) is 22.3. The Morgan fingerprint density at radius 3 is 2.61 bits per heavy atom. The van der Waals surface area contributed by atoms with Gasteiger partial charge in [0.05, 0.1) is 5.69 Å². The molecule has 0 unspecified atom stereocenters. The van der Waals surface area contributed by atoms with E-state index in [0.29, 0.717) is 13.0 Å². The number of aliphatic carboxylic acids is 1. The Balaban J connectivity index is 2.40. The number of rotatable bonds is 9. The van der Waals surface area contributed by atoms with Crippen molar-refractivity contribution in [3.8, 4) is 11.8 Å². The van der Waals surface area contributed by atoms with Crippen LogP contribution in [-0.2, 0) is 9.59 Å². The minimum atomic E-state index is -0.814. The number of benzene rings is 1. The third-order valence-electron chi connectivity index (χ3n) is 2.98. The minimum Gasteiger partial charge on any atom is -0.506 e. The largest absolute Gasteiger partial charge is 0.506 e. The van der Waals surface area contributed by atoms with Gasteiger partial charge in [-0.25, -0.2) is 0 Å². The van der Waals surface area contributed by atoms with Crippen LogP contribution in [0.5, 0.6) is 5.75 Å². The number of carboxylic acid groups (broad SMARTS) is 1. The maximum Gasteiger partial charge on any atom is 0.303 e. The lowest BCUT2D eigenvalue weighted by atomic mass is 10.2. The van der Waals surface area contributed by atoms with Gasteiger partial charge in [-0.05, 0) is 25.0 Å². The number of anilines is 1. The SMILES string of the molecule is N#C/C(=C/NCCCCCC(=O)O)C(=O)Nc1ccccc1O. The van der Waals surface area contributed by atoms with Gasteiger partial charge in [0.1, 0.15) is 17.4 Å². The zero-order valence-electron chi connectivity index (χ0n) is 12.6. The number of phenolic OH excluding ortho intramolecular Hbond substituents is 1. The molecule has 0 aromatic heterocycles. The fourth-order valence-electron chi connectivity index (χ4n) is 1.77. The highest BCUT2D eigenvalue weighted by Gasteiger charge is 2.10. The fourth-order valence-corrected chi connectivity index (χ4v) is 1.77. The van der Waals surface area contributed by atoms with Crippen molar-refractivity contribution in [2.24, 2.45) is 0 Å². The van der Waals surface area contributed by atoms with E-state index in [0.717, 1.165) is 12.8 Å². The van der Waals surface area contributed by atoms with Gasteiger partial charge in [-0.2, -0.15) is 5.26 Å². The summed E-state index contributed by atoms with van der Waals surface area (Å²) in [7, 11) is 0. The molecule has 0 aliphatic carbocycles. The summed E-state index contributed by atoms with van der Waals surface area (Å²) in [5.74, 6) is -1.51. The summed E-state index contributed by atoms with van der Waals surface area (Å²) in [6, 6.07) is 8.02. The Morgan fingerprint density at radius 1 is 1.22 bits per heavy atom. The summed E-state index contributed by atoms with van der Waals surface area (Å²) < 4.78 is 0. The number of nitriles is 1. The number of carbonyl (C=O) groups excluding carboxylic acids is 1. The van der Waals surface area contributed by atoms with Gasteiger partial charge in [0.15, 0.2) is 0 Å². The van der Waals surface area contributed by atoms with Crippen LogP contribution in [0.2, 0.25) is 0 Å². The third-order valence-corrected chi connectivity index (χ3v) is 2.98. The van der Waals surface area contributed by atoms with Crippen LogP contribution in [0.25, 0.3) is 0 Å². The van der Waals surface area contributed by atoms with E-state index in [1.807, 2.05) is 0 Å². The Hall–Kier alpha value is -3.01. The van der Waals surface area contributed by atoms with E-state index in [9.17, 15) is 14.7 Å². The van der Waals surface area contributed by atoms with Gasteiger partial charge >= 0.3 is 5.97 Å². The quantitative estimate of drug-likeness (QED) is 0.239. The lowest BCUT2D eigenvalue weighted by molar-refractivity contribution is -0.137. The summed E-state index contributed by atoms with van der Waals surface area (Å²) in [6.07, 6.45) is 3.54. The number of nitrogens with one attached hydrogen (secondary N) is 2. The number of hydrogen-bond acceptors (Lipinski definition) is 5. The molecule has 1 aromatic rings. The molecule has 7 nitrogen and oxygen atoms in total. The average Bonchev–Trinajstić information content (AvgIpc) is 2.52. The number of para-hydroxylation sites is 2. The van der Waals surface area contributed by atoms with Gasteiger partial charge in [-0.3, -0.25) is 9.59 Å². The summed E-state index contributed by atoms with van der Waals surface area (Å²) in [6.45, 7) is 0.536. The fraction of sp³-hybridized carbons (Fsp3) is 0.312. The Labute approximate surface area is 134 Å². The monoisotopic (exact) mass is 317 g/mol. The minimum absolute atomic E-state index is 0.0791. The molecule has 0 heterocycles. The number of carboxylic acids is 1. The van der Waals surface area contributed by atoms with Crippen LogP contribution in [0, 0.1) is 11.3 Å². The first-order valence-electron chi connectivity index (χ1n) is 7.19. The number of nitrogens with zero attached hydrogens (tertiary/aromatic N) is 1. The molecule has 0 atom stereocenters. The maximum absolute atomic E-state index is 11.9. The van der Waals surface area contributed by atoms with Crippen LogP contribution in [0.1, 0.15) is 25.7 Å². The van der Waals surface area contributed by atoms with Crippen LogP contribution >= 0.6 is 0 Å². The molecule has 0 aliphatic heterocycles. The number of amides is 1. The van der Waals surface area contributed by atoms with Crippen molar-refractivity contribution in [1.29, 1.82) is 5.26 Å². The normalized spacial score (nSPS) is 10.7. The smallest absolute Gasteiger partial charge is 0.303 e. The van der Waals surface area contributed by atoms with E-state index in [-0.39, 0.29) is 23.4 Å². The van der Waals surface area contributed by atoms with Crippen molar-refractivity contribution in [3.05, 3.63) is 36.0 Å². The zero-order valence-corrected chi connectivity index (χ0v) is 12.6. The molecule has 1 aromatic carbocycles. The van der Waals surface area contributed by atoms with E-state index in [2.05, 4.69) is 10.6 Å². The number of aromatic hydroxyl groups is 1. The van der Waals surface area contributed by atoms with E-state index in [1.165, 1.54) is 18.3 Å². The van der Waals surface area contributed by atoms with E-state index in [4.69, 9.17) is 10.4 Å². The van der Waals surface area contributed by atoms with Gasteiger partial charge in [-0.15, -0.1) is 0 Å². The first-order chi connectivity index (χ1) is 11.0. The lowest BCUT2D eigenvalue weighted by Gasteiger charge is -2.06. The molecular weight excluding hydrogens is 298 g/mol. The summed E-state index contributed by atoms with van der Waals surface area (Å²) >= 11 is 0. The summed E-state index contributed by atoms with van der Waals surface area (Å²) in [5, 5.41) is 32.4. The van der Waals surface area contributed by atoms with E-state index in [1.54, 1.807) is 18.2 Å². The van der Waals surface area contributed by atoms with Crippen molar-refractivity contribution < 1.29 is 19.8 Å². The highest BCUT2D eigenvalue weighted by atomic mass is 16.4. The molecule has 23 heavy (non-hydrogen) atoms. The molecule has 1 amide bonds. The van der Waals surface area contributed by atoms with Crippen molar-refractivity contribution >= 4 is 17.6 Å². The Morgan fingerprint density at radius 2 is 1.96 bits per heavy atom. The third kappa shape index (κ3) is 7.00. The molecule has 0 saturated heterocycles. The first kappa shape index (κ1) is 18.0. The van der Waals surface area contributed by atoms with Gasteiger partial charge in [0.2, 0.25) is 0 Å². The molecular formula is C16H19N3O4. The molecule has 7 heteroatoms. The molecule has 0 fully saturated rings. The van der Waals surface area contributed by atoms with Crippen molar-refractivity contribution in [3.63, 3.8) is 0 Å². The molecule has 4 N–H and O–H groups in total. The van der Waals surface area contributed by atoms with Gasteiger partial charge in [-0.1, -0.05) is 18.6 Å². The Kier molecular flexibility index (Phi) is 7.72. The first-order valence-corrected chi connectivity index (χ1v) is 7.19. The predicted octanol–water partition coefficient (Wildman–Crippen LogP) is 1.97. The molecule has 0 spiro atoms. The zero-order chi connectivity index (χ0) is 17.1. The second kappa shape index (κ2) is 9.84. The molecule has 0 aliphatic rings. The highest BCUT2D eigenvalue weighted by Crippen LogP contribution is 2.21. The predicted molar refractivity (Wildman–Crippen MR) is 84.5 cm³/mol. The number of carbonyl (C=O) groups is 2. The topological polar surface area (TPSA) is 122 Å². The van der Waals surface area contributed by atoms with Crippen molar-refractivity contribution in [2.45, 2.75) is 25.7 Å². The molecule has 0 bridgehead atoms. The summed E-state index contributed by atoms with van der Waals surface area (Å²) in [5.41, 5.74) is 0.117. The second-order valence-corrected chi connectivity index (χ2v) is 4.80. The standard InChI is InChI=1S/C16H19N3O4/c17-10-12(11-18-9-5-1-2-8-15(21)22)16(23)19-13-6-3-4-7-14(13)20/h3-4,6-7,11,18,20H,1-2,5,8-9H2,(H,19,23)(H,21,22)/b12-11-. The number of unbranched alkanes of at least 4 members (excludes halogenated alkanes) is 2. The highest BCUT2D eigenvalue weighted by molar-refractivity contribution is 6.07. The Bertz CT molecular complexity index is 620. The van der Waals surface area contributed by atoms with Crippen LogP contribution in [0.3, 0.4) is 0 Å². The van der Waals surface area contributed by atoms with Crippen LogP contribution in [-0.4, -0.2) is 28.6 Å². The van der Waals surface area contributed by atoms with Crippen LogP contribution in [0.15, 0.2) is 36.0 Å². The van der Waals surface area contributed by atoms with Gasteiger partial charge < -0.3 is 20.8 Å². The average molecular weight is 317 g/mol. The number of hydrogen-bond donors (Lipinski definition) is 4. The molecule has 0 saturated carbocycles. The maximum atomic E-state index is 11.9. The second-order valence-electron chi connectivity index (χ2n) is 4.80. The van der Waals surface area contributed by atoms with Crippen molar-refractivity contribution in [2.75, 3.05) is 11.9 Å². The van der Waals surface area contributed by atoms with E-state index >= 15 is 0 Å². The lowest BCUT2D eigenvalue weighted by Crippen LogP contribution is -2.17. The molecule has 122 valence electrons. The van der Waals surface area contributed by atoms with Crippen LogP contribution < -0.4 is 10.6 Å². The van der Waals surface area contributed by atoms with Crippen LogP contribution in [0.4, 0.5) is 5.69 Å². The molecule has 0 radical (unpaired) electrons. The number of phenols is 1. The van der Waals surface area contributed by atoms with Crippen molar-refractivity contribution in [1.82, 2.24) is 5.32 Å². The van der Waals surface area contributed by atoms with Gasteiger partial charge in [0.25, 0.3) is 5.91 Å².